The minimum absolute atomic E-state index is 0.264. The second-order valence-electron chi connectivity index (χ2n) is 7.08. The van der Waals surface area contributed by atoms with Crippen LogP contribution in [0.4, 0.5) is 0 Å². The zero-order chi connectivity index (χ0) is 18.2. The van der Waals surface area contributed by atoms with Crippen LogP contribution in [0.5, 0.6) is 11.5 Å². The van der Waals surface area contributed by atoms with Gasteiger partial charge >= 0.3 is 0 Å². The molecule has 25 heavy (non-hydrogen) atoms. The van der Waals surface area contributed by atoms with Gasteiger partial charge in [-0.25, -0.2) is 0 Å². The van der Waals surface area contributed by atoms with Crippen LogP contribution in [0.2, 0.25) is 0 Å². The smallest absolute Gasteiger partial charge is 0.161 e. The van der Waals surface area contributed by atoms with Gasteiger partial charge in [0.05, 0.1) is 6.61 Å². The molecule has 0 saturated carbocycles. The first-order chi connectivity index (χ1) is 12.0. The summed E-state index contributed by atoms with van der Waals surface area (Å²) < 4.78 is 16.6. The summed E-state index contributed by atoms with van der Waals surface area (Å²) in [6, 6.07) is 6.87. The Bertz CT molecular complexity index is 512. The first kappa shape index (κ1) is 20.0. The fourth-order valence-corrected chi connectivity index (χ4v) is 3.40. The lowest BCUT2D eigenvalue weighted by Crippen LogP contribution is -2.48. The molecule has 1 aromatic carbocycles. The SMILES string of the molecule is COCCOc1cc(C)ccc1OCC(O)CN1C(C)CCCC1C. The molecule has 142 valence electrons. The van der Waals surface area contributed by atoms with Gasteiger partial charge in [0.25, 0.3) is 0 Å². The highest BCUT2D eigenvalue weighted by molar-refractivity contribution is 5.42. The van der Waals surface area contributed by atoms with Crippen LogP contribution in [0.3, 0.4) is 0 Å². The van der Waals surface area contributed by atoms with E-state index in [0.717, 1.165) is 5.56 Å². The fourth-order valence-electron chi connectivity index (χ4n) is 3.40. The van der Waals surface area contributed by atoms with Crippen molar-refractivity contribution in [1.82, 2.24) is 4.90 Å². The molecule has 1 aliphatic heterocycles. The van der Waals surface area contributed by atoms with Gasteiger partial charge in [-0.3, -0.25) is 4.90 Å². The summed E-state index contributed by atoms with van der Waals surface area (Å²) in [5.74, 6) is 1.37. The zero-order valence-electron chi connectivity index (χ0n) is 16.0. The highest BCUT2D eigenvalue weighted by atomic mass is 16.5. The van der Waals surface area contributed by atoms with E-state index in [2.05, 4.69) is 18.7 Å². The predicted octanol–water partition coefficient (Wildman–Crippen LogP) is 3.02. The summed E-state index contributed by atoms with van der Waals surface area (Å²) >= 11 is 0. The number of rotatable bonds is 9. The van der Waals surface area contributed by atoms with E-state index in [1.54, 1.807) is 7.11 Å². The van der Waals surface area contributed by atoms with Crippen molar-refractivity contribution in [3.63, 3.8) is 0 Å². The molecule has 1 aromatic rings. The summed E-state index contributed by atoms with van der Waals surface area (Å²) in [6.07, 6.45) is 3.16. The van der Waals surface area contributed by atoms with E-state index in [1.807, 2.05) is 25.1 Å². The van der Waals surface area contributed by atoms with Crippen LogP contribution in [0.15, 0.2) is 18.2 Å². The van der Waals surface area contributed by atoms with Crippen LogP contribution in [0.25, 0.3) is 0 Å². The fraction of sp³-hybridized carbons (Fsp3) is 0.700. The molecule has 1 aliphatic rings. The third-order valence-corrected chi connectivity index (χ3v) is 4.87. The van der Waals surface area contributed by atoms with E-state index >= 15 is 0 Å². The Labute approximate surface area is 151 Å². The average molecular weight is 351 g/mol. The van der Waals surface area contributed by atoms with Gasteiger partial charge in [-0.15, -0.1) is 0 Å². The normalized spacial score (nSPS) is 22.6. The van der Waals surface area contributed by atoms with Crippen molar-refractivity contribution >= 4 is 0 Å². The molecule has 3 unspecified atom stereocenters. The molecule has 0 spiro atoms. The lowest BCUT2D eigenvalue weighted by molar-refractivity contribution is 0.0202. The van der Waals surface area contributed by atoms with E-state index in [-0.39, 0.29) is 6.61 Å². The van der Waals surface area contributed by atoms with E-state index in [9.17, 15) is 5.11 Å². The topological polar surface area (TPSA) is 51.2 Å². The van der Waals surface area contributed by atoms with Gasteiger partial charge < -0.3 is 19.3 Å². The molecule has 0 bridgehead atoms. The van der Waals surface area contributed by atoms with E-state index in [0.29, 0.717) is 43.3 Å². The Kier molecular flexibility index (Phi) is 8.00. The second-order valence-corrected chi connectivity index (χ2v) is 7.08. The van der Waals surface area contributed by atoms with Gasteiger partial charge in [0.1, 0.15) is 19.3 Å². The highest BCUT2D eigenvalue weighted by Gasteiger charge is 2.26. The summed E-state index contributed by atoms with van der Waals surface area (Å²) in [7, 11) is 1.65. The standard InChI is InChI=1S/C20H33NO4/c1-15-8-9-19(20(12-15)24-11-10-23-4)25-14-18(22)13-21-16(2)6-5-7-17(21)3/h8-9,12,16-18,22H,5-7,10-11,13-14H2,1-4H3. The number of benzene rings is 1. The summed E-state index contributed by atoms with van der Waals surface area (Å²) in [5, 5.41) is 10.4. The average Bonchev–Trinajstić information content (AvgIpc) is 2.58. The van der Waals surface area contributed by atoms with Crippen LogP contribution < -0.4 is 9.47 Å². The molecule has 2 rings (SSSR count). The quantitative estimate of drug-likeness (QED) is 0.693. The molecule has 1 saturated heterocycles. The lowest BCUT2D eigenvalue weighted by atomic mass is 9.97. The maximum absolute atomic E-state index is 10.4. The van der Waals surface area contributed by atoms with Crippen molar-refractivity contribution in [1.29, 1.82) is 0 Å². The van der Waals surface area contributed by atoms with Crippen LogP contribution in [-0.4, -0.2) is 61.7 Å². The maximum atomic E-state index is 10.4. The molecule has 0 radical (unpaired) electrons. The Balaban J connectivity index is 1.89. The Morgan fingerprint density at radius 2 is 1.84 bits per heavy atom. The minimum atomic E-state index is -0.517. The first-order valence-corrected chi connectivity index (χ1v) is 9.30. The number of piperidine rings is 1. The van der Waals surface area contributed by atoms with Gasteiger partial charge in [-0.2, -0.15) is 0 Å². The van der Waals surface area contributed by atoms with E-state index < -0.39 is 6.10 Å². The lowest BCUT2D eigenvalue weighted by Gasteiger charge is -2.40. The number of aliphatic hydroxyl groups is 1. The van der Waals surface area contributed by atoms with E-state index in [4.69, 9.17) is 14.2 Å². The molecule has 0 amide bonds. The third kappa shape index (κ3) is 6.17. The molecular formula is C20H33NO4. The first-order valence-electron chi connectivity index (χ1n) is 9.30. The van der Waals surface area contributed by atoms with Crippen molar-refractivity contribution in [2.45, 2.75) is 58.2 Å². The zero-order valence-corrected chi connectivity index (χ0v) is 16.0. The van der Waals surface area contributed by atoms with Gasteiger partial charge in [-0.05, 0) is 51.3 Å². The van der Waals surface area contributed by atoms with Crippen molar-refractivity contribution < 1.29 is 19.3 Å². The minimum Gasteiger partial charge on any atom is -0.487 e. The van der Waals surface area contributed by atoms with Crippen molar-refractivity contribution in [2.24, 2.45) is 0 Å². The molecule has 5 nitrogen and oxygen atoms in total. The van der Waals surface area contributed by atoms with Crippen molar-refractivity contribution in [3.05, 3.63) is 23.8 Å². The maximum Gasteiger partial charge on any atom is 0.161 e. The number of hydrogen-bond acceptors (Lipinski definition) is 5. The van der Waals surface area contributed by atoms with Gasteiger partial charge in [-0.1, -0.05) is 12.5 Å². The molecule has 0 aliphatic carbocycles. The number of hydrogen-bond donors (Lipinski definition) is 1. The van der Waals surface area contributed by atoms with Gasteiger partial charge in [0.15, 0.2) is 11.5 Å². The second kappa shape index (κ2) is 10.00. The third-order valence-electron chi connectivity index (χ3n) is 4.87. The molecule has 0 aromatic heterocycles. The number of aryl methyl sites for hydroxylation is 1. The monoisotopic (exact) mass is 351 g/mol. The van der Waals surface area contributed by atoms with Crippen LogP contribution in [0, 0.1) is 6.92 Å². The summed E-state index contributed by atoms with van der Waals surface area (Å²) in [4.78, 5) is 2.39. The van der Waals surface area contributed by atoms with Crippen LogP contribution in [-0.2, 0) is 4.74 Å². The van der Waals surface area contributed by atoms with Crippen molar-refractivity contribution in [2.75, 3.05) is 33.5 Å². The Hall–Kier alpha value is -1.30. The molecule has 3 atom stereocenters. The summed E-state index contributed by atoms with van der Waals surface area (Å²) in [5.41, 5.74) is 1.11. The number of likely N-dealkylation sites (tertiary alicyclic amines) is 1. The van der Waals surface area contributed by atoms with Gasteiger partial charge in [0.2, 0.25) is 0 Å². The van der Waals surface area contributed by atoms with Crippen LogP contribution >= 0.6 is 0 Å². The Morgan fingerprint density at radius 3 is 2.52 bits per heavy atom. The number of methoxy groups -OCH3 is 1. The van der Waals surface area contributed by atoms with Crippen molar-refractivity contribution in [3.8, 4) is 11.5 Å². The number of ether oxygens (including phenoxy) is 3. The predicted molar refractivity (Wildman–Crippen MR) is 99.5 cm³/mol. The van der Waals surface area contributed by atoms with Crippen LogP contribution in [0.1, 0.15) is 38.7 Å². The molecule has 1 fully saturated rings. The molecule has 5 heteroatoms. The number of β-amino-alcohol motifs (C(OH)–C–C–N with tert-alkyl or cyclic N) is 1. The van der Waals surface area contributed by atoms with E-state index in [1.165, 1.54) is 19.3 Å². The van der Waals surface area contributed by atoms with Gasteiger partial charge in [0, 0.05) is 25.7 Å². The molecule has 1 heterocycles. The summed E-state index contributed by atoms with van der Waals surface area (Å²) in [6.45, 7) is 8.41. The number of aliphatic hydroxyl groups excluding tert-OH is 1. The molecular weight excluding hydrogens is 318 g/mol. The largest absolute Gasteiger partial charge is 0.487 e. The molecule has 1 N–H and O–H groups in total. The highest BCUT2D eigenvalue weighted by Crippen LogP contribution is 2.29. The number of nitrogens with zero attached hydrogens (tertiary/aromatic N) is 1. The Morgan fingerprint density at radius 1 is 1.12 bits per heavy atom.